The summed E-state index contributed by atoms with van der Waals surface area (Å²) >= 11 is 0. The Balaban J connectivity index is 1.66. The SMILES string of the molecule is C=CNC(=C)C(CCC)N(C=C)Cc1cc(C2CCN(Cc3ccc(C)cc3)CC2)ccc1C. The highest BCUT2D eigenvalue weighted by molar-refractivity contribution is 5.34. The zero-order chi connectivity index (χ0) is 24.5. The van der Waals surface area contributed by atoms with E-state index in [0.29, 0.717) is 5.92 Å². The lowest BCUT2D eigenvalue weighted by molar-refractivity contribution is 0.204. The molecule has 2 aromatic rings. The Morgan fingerprint density at radius 2 is 1.82 bits per heavy atom. The first-order valence-corrected chi connectivity index (χ1v) is 12.8. The molecule has 0 amide bonds. The van der Waals surface area contributed by atoms with Gasteiger partial charge in [0.1, 0.15) is 0 Å². The van der Waals surface area contributed by atoms with Crippen LogP contribution < -0.4 is 5.32 Å². The van der Waals surface area contributed by atoms with E-state index < -0.39 is 0 Å². The minimum Gasteiger partial charge on any atom is -0.365 e. The minimum atomic E-state index is 0.202. The molecule has 3 heteroatoms. The second-order valence-corrected chi connectivity index (χ2v) is 9.76. The van der Waals surface area contributed by atoms with Gasteiger partial charge < -0.3 is 10.2 Å². The molecule has 1 saturated heterocycles. The zero-order valence-electron chi connectivity index (χ0n) is 21.5. The molecule has 1 atom stereocenters. The van der Waals surface area contributed by atoms with Crippen LogP contribution in [-0.2, 0) is 13.1 Å². The van der Waals surface area contributed by atoms with Crippen LogP contribution in [0.4, 0.5) is 0 Å². The summed E-state index contributed by atoms with van der Waals surface area (Å²) < 4.78 is 0. The molecular formula is C31H43N3. The number of aryl methyl sites for hydroxylation is 2. The summed E-state index contributed by atoms with van der Waals surface area (Å²) in [6, 6.07) is 16.3. The molecule has 0 saturated carbocycles. The molecule has 2 aromatic carbocycles. The Bertz CT molecular complexity index is 951. The van der Waals surface area contributed by atoms with Crippen LogP contribution >= 0.6 is 0 Å². The summed E-state index contributed by atoms with van der Waals surface area (Å²) in [5, 5.41) is 3.21. The highest BCUT2D eigenvalue weighted by atomic mass is 15.2. The van der Waals surface area contributed by atoms with Gasteiger partial charge in [-0.1, -0.05) is 81.1 Å². The predicted molar refractivity (Wildman–Crippen MR) is 147 cm³/mol. The van der Waals surface area contributed by atoms with Gasteiger partial charge in [0.25, 0.3) is 0 Å². The quantitative estimate of drug-likeness (QED) is 0.369. The molecule has 0 spiro atoms. The van der Waals surface area contributed by atoms with Crippen LogP contribution in [-0.4, -0.2) is 28.9 Å². The maximum atomic E-state index is 4.25. The van der Waals surface area contributed by atoms with Crippen molar-refractivity contribution in [3.05, 3.63) is 108 Å². The smallest absolute Gasteiger partial charge is 0.0683 e. The number of hydrogen-bond donors (Lipinski definition) is 1. The Morgan fingerprint density at radius 1 is 1.12 bits per heavy atom. The average molecular weight is 458 g/mol. The first-order valence-electron chi connectivity index (χ1n) is 12.8. The van der Waals surface area contributed by atoms with Crippen LogP contribution in [0.1, 0.15) is 66.3 Å². The number of hydrogen-bond acceptors (Lipinski definition) is 3. The van der Waals surface area contributed by atoms with Crippen molar-refractivity contribution in [2.45, 2.75) is 71.5 Å². The van der Waals surface area contributed by atoms with Crippen LogP contribution in [0.15, 0.2) is 80.3 Å². The van der Waals surface area contributed by atoms with Crippen LogP contribution in [0.2, 0.25) is 0 Å². The number of nitrogens with zero attached hydrogens (tertiary/aromatic N) is 2. The fourth-order valence-corrected chi connectivity index (χ4v) is 5.03. The molecule has 182 valence electrons. The summed E-state index contributed by atoms with van der Waals surface area (Å²) in [5.74, 6) is 0.634. The topological polar surface area (TPSA) is 18.5 Å². The van der Waals surface area contributed by atoms with E-state index in [2.05, 4.69) is 98.1 Å². The normalized spacial score (nSPS) is 15.5. The van der Waals surface area contributed by atoms with Crippen LogP contribution in [0.3, 0.4) is 0 Å². The molecule has 1 fully saturated rings. The van der Waals surface area contributed by atoms with Gasteiger partial charge in [-0.3, -0.25) is 4.90 Å². The first kappa shape index (κ1) is 25.8. The molecule has 1 N–H and O–H groups in total. The number of nitrogens with one attached hydrogen (secondary N) is 1. The van der Waals surface area contributed by atoms with E-state index in [-0.39, 0.29) is 6.04 Å². The molecule has 1 heterocycles. The minimum absolute atomic E-state index is 0.202. The van der Waals surface area contributed by atoms with E-state index in [1.54, 1.807) is 6.20 Å². The van der Waals surface area contributed by atoms with E-state index in [4.69, 9.17) is 0 Å². The molecule has 0 aliphatic carbocycles. The van der Waals surface area contributed by atoms with Crippen molar-refractivity contribution < 1.29 is 0 Å². The molecule has 1 aliphatic heterocycles. The Morgan fingerprint density at radius 3 is 2.44 bits per heavy atom. The van der Waals surface area contributed by atoms with E-state index in [1.807, 2.05) is 6.20 Å². The lowest BCUT2D eigenvalue weighted by Crippen LogP contribution is -2.35. The van der Waals surface area contributed by atoms with Gasteiger partial charge in [0.2, 0.25) is 0 Å². The molecule has 0 radical (unpaired) electrons. The van der Waals surface area contributed by atoms with E-state index >= 15 is 0 Å². The third kappa shape index (κ3) is 6.87. The maximum Gasteiger partial charge on any atom is 0.0683 e. The second kappa shape index (κ2) is 12.6. The van der Waals surface area contributed by atoms with Crippen molar-refractivity contribution >= 4 is 0 Å². The largest absolute Gasteiger partial charge is 0.365 e. The van der Waals surface area contributed by atoms with Crippen molar-refractivity contribution in [2.75, 3.05) is 13.1 Å². The van der Waals surface area contributed by atoms with Gasteiger partial charge in [-0.2, -0.15) is 0 Å². The summed E-state index contributed by atoms with van der Waals surface area (Å²) in [7, 11) is 0. The molecular weight excluding hydrogens is 414 g/mol. The van der Waals surface area contributed by atoms with Crippen molar-refractivity contribution in [3.8, 4) is 0 Å². The predicted octanol–water partition coefficient (Wildman–Crippen LogP) is 7.04. The molecule has 0 bridgehead atoms. The Kier molecular flexibility index (Phi) is 9.59. The third-order valence-electron chi connectivity index (χ3n) is 7.20. The van der Waals surface area contributed by atoms with Gasteiger partial charge in [-0.05, 0) is 86.8 Å². The van der Waals surface area contributed by atoms with Gasteiger partial charge >= 0.3 is 0 Å². The van der Waals surface area contributed by atoms with Gasteiger partial charge in [-0.25, -0.2) is 0 Å². The number of rotatable bonds is 12. The van der Waals surface area contributed by atoms with Crippen LogP contribution in [0, 0.1) is 13.8 Å². The van der Waals surface area contributed by atoms with Crippen LogP contribution in [0.5, 0.6) is 0 Å². The summed E-state index contributed by atoms with van der Waals surface area (Å²) in [6.07, 6.45) is 8.24. The number of benzene rings is 2. The number of piperidine rings is 1. The van der Waals surface area contributed by atoms with Crippen molar-refractivity contribution in [3.63, 3.8) is 0 Å². The highest BCUT2D eigenvalue weighted by Gasteiger charge is 2.22. The summed E-state index contributed by atoms with van der Waals surface area (Å²) in [4.78, 5) is 4.92. The van der Waals surface area contributed by atoms with Crippen LogP contribution in [0.25, 0.3) is 0 Å². The highest BCUT2D eigenvalue weighted by Crippen LogP contribution is 2.31. The van der Waals surface area contributed by atoms with Gasteiger partial charge in [0, 0.05) is 18.8 Å². The Labute approximate surface area is 207 Å². The lowest BCUT2D eigenvalue weighted by Gasteiger charge is -2.34. The van der Waals surface area contributed by atoms with Gasteiger partial charge in [0.15, 0.2) is 0 Å². The molecule has 34 heavy (non-hydrogen) atoms. The van der Waals surface area contributed by atoms with Crippen molar-refractivity contribution in [1.82, 2.24) is 15.1 Å². The van der Waals surface area contributed by atoms with Gasteiger partial charge in [0.05, 0.1) is 6.04 Å². The zero-order valence-corrected chi connectivity index (χ0v) is 21.5. The van der Waals surface area contributed by atoms with E-state index in [9.17, 15) is 0 Å². The number of likely N-dealkylation sites (tertiary alicyclic amines) is 1. The fourth-order valence-electron chi connectivity index (χ4n) is 5.03. The molecule has 1 aliphatic rings. The third-order valence-corrected chi connectivity index (χ3v) is 7.20. The summed E-state index contributed by atoms with van der Waals surface area (Å²) in [6.45, 7) is 23.0. The average Bonchev–Trinajstić information content (AvgIpc) is 2.84. The monoisotopic (exact) mass is 457 g/mol. The molecule has 3 nitrogen and oxygen atoms in total. The molecule has 0 aromatic heterocycles. The maximum absolute atomic E-state index is 4.25. The summed E-state index contributed by atoms with van der Waals surface area (Å²) in [5.41, 5.74) is 7.92. The van der Waals surface area contributed by atoms with Crippen molar-refractivity contribution in [2.24, 2.45) is 0 Å². The Hall–Kier alpha value is -2.78. The van der Waals surface area contributed by atoms with E-state index in [1.165, 1.54) is 40.7 Å². The van der Waals surface area contributed by atoms with Crippen molar-refractivity contribution in [1.29, 1.82) is 0 Å². The fraction of sp³-hybridized carbons (Fsp3) is 0.419. The molecule has 1 unspecified atom stereocenters. The van der Waals surface area contributed by atoms with E-state index in [0.717, 1.165) is 44.7 Å². The van der Waals surface area contributed by atoms with Gasteiger partial charge in [-0.15, -0.1) is 0 Å². The second-order valence-electron chi connectivity index (χ2n) is 9.76. The lowest BCUT2D eigenvalue weighted by atomic mass is 9.87. The standard InChI is InChI=1S/C31H43N3/c1-7-10-31(26(6)32-8-2)34(9-3)23-30-21-29(16-13-25(30)5)28-17-19-33(20-18-28)22-27-14-11-24(4)12-15-27/h8-9,11-16,21,28,31-32H,2-3,6-7,10,17-20,22-23H2,1,4-5H3. The first-order chi connectivity index (χ1) is 16.4. The molecule has 3 rings (SSSR count).